The van der Waals surface area contributed by atoms with E-state index >= 15 is 0 Å². The van der Waals surface area contributed by atoms with Gasteiger partial charge in [0.15, 0.2) is 0 Å². The number of imidazole rings is 1. The zero-order chi connectivity index (χ0) is 14.3. The molecule has 0 aliphatic heterocycles. The maximum Gasteiger partial charge on any atom is 0.144 e. The first-order valence-electron chi connectivity index (χ1n) is 6.56. The first kappa shape index (κ1) is 13.0. The lowest BCUT2D eigenvalue weighted by Crippen LogP contribution is -1.98. The van der Waals surface area contributed by atoms with Crippen LogP contribution in [0.4, 0.5) is 0 Å². The summed E-state index contributed by atoms with van der Waals surface area (Å²) in [4.78, 5) is 4.64. The fourth-order valence-electron chi connectivity index (χ4n) is 2.46. The molecule has 1 heterocycles. The second kappa shape index (κ2) is 4.84. The van der Waals surface area contributed by atoms with Crippen LogP contribution in [0.2, 0.25) is 5.02 Å². The Balaban J connectivity index is 2.33. The number of benzene rings is 2. The van der Waals surface area contributed by atoms with Crippen molar-refractivity contribution in [3.8, 4) is 17.1 Å². The van der Waals surface area contributed by atoms with E-state index in [0.717, 1.165) is 34.5 Å². The molecule has 102 valence electrons. The maximum absolute atomic E-state index is 10.3. The van der Waals surface area contributed by atoms with Gasteiger partial charge in [-0.3, -0.25) is 0 Å². The molecule has 0 amide bonds. The number of para-hydroxylation sites is 1. The summed E-state index contributed by atoms with van der Waals surface area (Å²) in [6.45, 7) is 4.70. The summed E-state index contributed by atoms with van der Waals surface area (Å²) in [5.41, 5.74) is 3.46. The molecular weight excluding hydrogens is 272 g/mol. The van der Waals surface area contributed by atoms with Crippen molar-refractivity contribution in [1.29, 1.82) is 0 Å². The van der Waals surface area contributed by atoms with E-state index in [1.54, 1.807) is 0 Å². The standard InChI is InChI=1S/C16H15ClN2O/c1-3-19-14-9-11(17)7-8-13(14)18-16(19)12-6-4-5-10(2)15(12)20/h4-9,20H,3H2,1-2H3. The van der Waals surface area contributed by atoms with Gasteiger partial charge in [0.2, 0.25) is 0 Å². The molecule has 0 aliphatic carbocycles. The van der Waals surface area contributed by atoms with E-state index in [-0.39, 0.29) is 5.75 Å². The number of hydrogen-bond acceptors (Lipinski definition) is 2. The van der Waals surface area contributed by atoms with E-state index in [1.807, 2.05) is 43.3 Å². The summed E-state index contributed by atoms with van der Waals surface area (Å²) in [6, 6.07) is 11.3. The van der Waals surface area contributed by atoms with Gasteiger partial charge in [-0.05, 0) is 43.7 Å². The minimum atomic E-state index is 0.281. The van der Waals surface area contributed by atoms with Crippen molar-refractivity contribution in [1.82, 2.24) is 9.55 Å². The van der Waals surface area contributed by atoms with Crippen LogP contribution in [0.3, 0.4) is 0 Å². The molecule has 3 nitrogen and oxygen atoms in total. The molecule has 0 saturated carbocycles. The highest BCUT2D eigenvalue weighted by atomic mass is 35.5. The lowest BCUT2D eigenvalue weighted by molar-refractivity contribution is 0.472. The van der Waals surface area contributed by atoms with Gasteiger partial charge in [-0.1, -0.05) is 23.7 Å². The maximum atomic E-state index is 10.3. The Bertz CT molecular complexity index is 793. The predicted octanol–water partition coefficient (Wildman–Crippen LogP) is 4.39. The number of aryl methyl sites for hydroxylation is 2. The summed E-state index contributed by atoms with van der Waals surface area (Å²) in [7, 11) is 0. The van der Waals surface area contributed by atoms with Gasteiger partial charge in [0.25, 0.3) is 0 Å². The summed E-state index contributed by atoms with van der Waals surface area (Å²) in [5, 5.41) is 11.0. The SMILES string of the molecule is CCn1c(-c2cccc(C)c2O)nc2ccc(Cl)cc21. The van der Waals surface area contributed by atoms with Gasteiger partial charge < -0.3 is 9.67 Å². The topological polar surface area (TPSA) is 38.0 Å². The number of aromatic hydroxyl groups is 1. The van der Waals surface area contributed by atoms with Gasteiger partial charge in [0.05, 0.1) is 16.6 Å². The van der Waals surface area contributed by atoms with Crippen molar-refractivity contribution in [2.45, 2.75) is 20.4 Å². The first-order valence-corrected chi connectivity index (χ1v) is 6.94. The zero-order valence-corrected chi connectivity index (χ0v) is 12.1. The monoisotopic (exact) mass is 286 g/mol. The third-order valence-corrected chi connectivity index (χ3v) is 3.74. The number of fused-ring (bicyclic) bond motifs is 1. The molecule has 1 N–H and O–H groups in total. The normalized spacial score (nSPS) is 11.2. The van der Waals surface area contributed by atoms with E-state index in [1.165, 1.54) is 0 Å². The van der Waals surface area contributed by atoms with Gasteiger partial charge in [-0.15, -0.1) is 0 Å². The third kappa shape index (κ3) is 1.95. The average Bonchev–Trinajstić information content (AvgIpc) is 2.79. The van der Waals surface area contributed by atoms with Crippen molar-refractivity contribution in [2.75, 3.05) is 0 Å². The van der Waals surface area contributed by atoms with Crippen molar-refractivity contribution in [3.63, 3.8) is 0 Å². The van der Waals surface area contributed by atoms with Crippen LogP contribution in [0.1, 0.15) is 12.5 Å². The van der Waals surface area contributed by atoms with Gasteiger partial charge in [-0.25, -0.2) is 4.98 Å². The molecule has 20 heavy (non-hydrogen) atoms. The Kier molecular flexibility index (Phi) is 3.14. The van der Waals surface area contributed by atoms with Crippen LogP contribution in [0.15, 0.2) is 36.4 Å². The van der Waals surface area contributed by atoms with Crippen molar-refractivity contribution < 1.29 is 5.11 Å². The second-order valence-corrected chi connectivity index (χ2v) is 5.22. The minimum absolute atomic E-state index is 0.281. The lowest BCUT2D eigenvalue weighted by atomic mass is 10.1. The molecular formula is C16H15ClN2O. The number of phenols is 1. The Hall–Kier alpha value is -2.00. The highest BCUT2D eigenvalue weighted by Crippen LogP contribution is 2.33. The predicted molar refractivity (Wildman–Crippen MR) is 82.3 cm³/mol. The van der Waals surface area contributed by atoms with E-state index in [2.05, 4.69) is 16.5 Å². The highest BCUT2D eigenvalue weighted by molar-refractivity contribution is 6.31. The molecule has 1 aromatic heterocycles. The van der Waals surface area contributed by atoms with E-state index in [0.29, 0.717) is 5.02 Å². The molecule has 0 saturated heterocycles. The summed E-state index contributed by atoms with van der Waals surface area (Å²) >= 11 is 6.07. The van der Waals surface area contributed by atoms with Gasteiger partial charge in [0.1, 0.15) is 11.6 Å². The van der Waals surface area contributed by atoms with E-state index in [9.17, 15) is 5.11 Å². The fraction of sp³-hybridized carbons (Fsp3) is 0.188. The number of phenolic OH excluding ortho intramolecular Hbond substituents is 1. The van der Waals surface area contributed by atoms with Crippen LogP contribution in [-0.2, 0) is 6.54 Å². The Morgan fingerprint density at radius 3 is 2.80 bits per heavy atom. The molecule has 0 unspecified atom stereocenters. The number of hydrogen-bond donors (Lipinski definition) is 1. The molecule has 0 aliphatic rings. The zero-order valence-electron chi connectivity index (χ0n) is 11.4. The molecule has 4 heteroatoms. The minimum Gasteiger partial charge on any atom is -0.507 e. The average molecular weight is 287 g/mol. The van der Waals surface area contributed by atoms with Crippen molar-refractivity contribution >= 4 is 22.6 Å². The summed E-state index contributed by atoms with van der Waals surface area (Å²) < 4.78 is 2.07. The molecule has 3 rings (SSSR count). The van der Waals surface area contributed by atoms with Crippen LogP contribution in [-0.4, -0.2) is 14.7 Å². The Morgan fingerprint density at radius 2 is 2.05 bits per heavy atom. The fourth-order valence-corrected chi connectivity index (χ4v) is 2.63. The molecule has 0 atom stereocenters. The number of rotatable bonds is 2. The van der Waals surface area contributed by atoms with Crippen LogP contribution in [0, 0.1) is 6.92 Å². The summed E-state index contributed by atoms with van der Waals surface area (Å²) in [6.07, 6.45) is 0. The summed E-state index contributed by atoms with van der Waals surface area (Å²) in [5.74, 6) is 1.05. The number of halogens is 1. The van der Waals surface area contributed by atoms with Crippen LogP contribution in [0.25, 0.3) is 22.4 Å². The third-order valence-electron chi connectivity index (χ3n) is 3.51. The van der Waals surface area contributed by atoms with Crippen LogP contribution < -0.4 is 0 Å². The van der Waals surface area contributed by atoms with Crippen LogP contribution >= 0.6 is 11.6 Å². The quantitative estimate of drug-likeness (QED) is 0.759. The smallest absolute Gasteiger partial charge is 0.144 e. The lowest BCUT2D eigenvalue weighted by Gasteiger charge is -2.09. The van der Waals surface area contributed by atoms with E-state index in [4.69, 9.17) is 11.6 Å². The molecule has 0 radical (unpaired) electrons. The Labute approximate surface area is 122 Å². The molecule has 0 bridgehead atoms. The van der Waals surface area contributed by atoms with Gasteiger partial charge >= 0.3 is 0 Å². The first-order chi connectivity index (χ1) is 9.61. The van der Waals surface area contributed by atoms with Gasteiger partial charge in [0, 0.05) is 11.6 Å². The van der Waals surface area contributed by atoms with Crippen molar-refractivity contribution in [3.05, 3.63) is 47.0 Å². The number of nitrogens with zero attached hydrogens (tertiary/aromatic N) is 2. The van der Waals surface area contributed by atoms with E-state index < -0.39 is 0 Å². The highest BCUT2D eigenvalue weighted by Gasteiger charge is 2.15. The van der Waals surface area contributed by atoms with Crippen molar-refractivity contribution in [2.24, 2.45) is 0 Å². The molecule has 3 aromatic rings. The Morgan fingerprint density at radius 1 is 1.25 bits per heavy atom. The second-order valence-electron chi connectivity index (χ2n) is 4.78. The molecule has 0 fully saturated rings. The number of aromatic nitrogens is 2. The largest absolute Gasteiger partial charge is 0.507 e. The molecule has 2 aromatic carbocycles. The molecule has 0 spiro atoms. The van der Waals surface area contributed by atoms with Crippen LogP contribution in [0.5, 0.6) is 5.75 Å². The van der Waals surface area contributed by atoms with Gasteiger partial charge in [-0.2, -0.15) is 0 Å².